The smallest absolute Gasteiger partial charge is 0.259 e. The minimum Gasteiger partial charge on any atom is -0.360 e. The summed E-state index contributed by atoms with van der Waals surface area (Å²) in [5.74, 6) is -0.564. The molecule has 5 nitrogen and oxygen atoms in total. The maximum atomic E-state index is 14.2. The number of benzene rings is 1. The normalized spacial score (nSPS) is 11.6. The van der Waals surface area contributed by atoms with Crippen LogP contribution in [0.3, 0.4) is 0 Å². The first-order valence-electron chi connectivity index (χ1n) is 7.54. The molecular formula is C17H21ClFN3O2. The number of carbonyl (C=O) groups is 1. The molecule has 0 saturated heterocycles. The summed E-state index contributed by atoms with van der Waals surface area (Å²) in [5.41, 5.74) is 5.86. The van der Waals surface area contributed by atoms with Crippen molar-refractivity contribution < 1.29 is 13.7 Å². The van der Waals surface area contributed by atoms with E-state index in [9.17, 15) is 9.18 Å². The van der Waals surface area contributed by atoms with Gasteiger partial charge in [0.05, 0.1) is 10.6 Å². The molecule has 0 aliphatic heterocycles. The third-order valence-corrected chi connectivity index (χ3v) is 4.16. The molecule has 0 unspecified atom stereocenters. The lowest BCUT2D eigenvalue weighted by atomic mass is 9.93. The Bertz CT molecular complexity index is 738. The highest BCUT2D eigenvalue weighted by Crippen LogP contribution is 2.34. The van der Waals surface area contributed by atoms with E-state index in [1.807, 2.05) is 13.8 Å². The molecule has 2 N–H and O–H groups in total. The largest absolute Gasteiger partial charge is 0.360 e. The van der Waals surface area contributed by atoms with Gasteiger partial charge in [0.25, 0.3) is 5.91 Å². The van der Waals surface area contributed by atoms with Crippen LogP contribution in [0.15, 0.2) is 22.7 Å². The fourth-order valence-electron chi connectivity index (χ4n) is 2.49. The molecule has 1 aromatic carbocycles. The van der Waals surface area contributed by atoms with Gasteiger partial charge in [0.2, 0.25) is 0 Å². The number of hydrogen-bond donors (Lipinski definition) is 1. The molecule has 0 spiro atoms. The first-order valence-corrected chi connectivity index (χ1v) is 7.92. The summed E-state index contributed by atoms with van der Waals surface area (Å²) < 4.78 is 19.3. The van der Waals surface area contributed by atoms with Crippen molar-refractivity contribution in [3.8, 4) is 11.3 Å². The zero-order valence-electron chi connectivity index (χ0n) is 14.2. The number of rotatable bonds is 5. The fourth-order valence-corrected chi connectivity index (χ4v) is 2.74. The number of halogens is 2. The third-order valence-electron chi connectivity index (χ3n) is 3.84. The molecule has 130 valence electrons. The van der Waals surface area contributed by atoms with Gasteiger partial charge >= 0.3 is 0 Å². The van der Waals surface area contributed by atoms with E-state index in [2.05, 4.69) is 5.16 Å². The van der Waals surface area contributed by atoms with Crippen molar-refractivity contribution in [1.29, 1.82) is 0 Å². The number of aryl methyl sites for hydroxylation is 1. The lowest BCUT2D eigenvalue weighted by Gasteiger charge is -2.29. The van der Waals surface area contributed by atoms with Crippen LogP contribution in [0.4, 0.5) is 4.39 Å². The van der Waals surface area contributed by atoms with Gasteiger partial charge in [-0.1, -0.05) is 36.7 Å². The molecule has 0 bridgehead atoms. The first kappa shape index (κ1) is 18.4. The minimum absolute atomic E-state index is 0.0610. The summed E-state index contributed by atoms with van der Waals surface area (Å²) in [6, 6.07) is 4.30. The quantitative estimate of drug-likeness (QED) is 0.892. The van der Waals surface area contributed by atoms with E-state index in [1.165, 1.54) is 17.0 Å². The second kappa shape index (κ2) is 6.91. The second-order valence-electron chi connectivity index (χ2n) is 6.59. The molecule has 0 fully saturated rings. The summed E-state index contributed by atoms with van der Waals surface area (Å²) in [7, 11) is 1.67. The summed E-state index contributed by atoms with van der Waals surface area (Å²) >= 11 is 6.10. The average Bonchev–Trinajstić information content (AvgIpc) is 2.87. The van der Waals surface area contributed by atoms with Gasteiger partial charge in [-0.3, -0.25) is 4.79 Å². The molecule has 0 radical (unpaired) electrons. The predicted octanol–water partition coefficient (Wildman–Crippen LogP) is 3.50. The van der Waals surface area contributed by atoms with Crippen molar-refractivity contribution in [3.05, 3.63) is 40.4 Å². The van der Waals surface area contributed by atoms with Gasteiger partial charge in [-0.25, -0.2) is 4.39 Å². The Hall–Kier alpha value is -1.92. The van der Waals surface area contributed by atoms with Gasteiger partial charge in [-0.15, -0.1) is 0 Å². The highest BCUT2D eigenvalue weighted by molar-refractivity contribution is 6.33. The molecule has 24 heavy (non-hydrogen) atoms. The Morgan fingerprint density at radius 2 is 2.12 bits per heavy atom. The summed E-state index contributed by atoms with van der Waals surface area (Å²) in [6.07, 6.45) is 0. The molecule has 2 rings (SSSR count). The lowest BCUT2D eigenvalue weighted by molar-refractivity contribution is 0.0739. The highest BCUT2D eigenvalue weighted by atomic mass is 35.5. The molecule has 0 saturated carbocycles. The van der Waals surface area contributed by atoms with E-state index in [0.717, 1.165) is 0 Å². The molecular weight excluding hydrogens is 333 g/mol. The van der Waals surface area contributed by atoms with Crippen LogP contribution < -0.4 is 5.73 Å². The molecule has 7 heteroatoms. The zero-order chi connectivity index (χ0) is 18.1. The topological polar surface area (TPSA) is 72.4 Å². The van der Waals surface area contributed by atoms with Gasteiger partial charge in [-0.2, -0.15) is 0 Å². The van der Waals surface area contributed by atoms with Crippen molar-refractivity contribution in [3.63, 3.8) is 0 Å². The SMILES string of the molecule is Cc1onc(-c2c(F)cccc2Cl)c1C(=O)N(C)CC(C)(C)CN. The lowest BCUT2D eigenvalue weighted by Crippen LogP contribution is -2.40. The fraction of sp³-hybridized carbons (Fsp3) is 0.412. The Balaban J connectivity index is 2.46. The van der Waals surface area contributed by atoms with E-state index in [-0.39, 0.29) is 33.2 Å². The molecule has 2 aromatic rings. The Labute approximate surface area is 145 Å². The van der Waals surface area contributed by atoms with Gasteiger partial charge in [0.1, 0.15) is 22.8 Å². The van der Waals surface area contributed by atoms with Gasteiger partial charge in [-0.05, 0) is 31.0 Å². The van der Waals surface area contributed by atoms with Crippen molar-refractivity contribution in [1.82, 2.24) is 10.1 Å². The number of amides is 1. The van der Waals surface area contributed by atoms with Crippen LogP contribution in [0.5, 0.6) is 0 Å². The maximum Gasteiger partial charge on any atom is 0.259 e. The van der Waals surface area contributed by atoms with Crippen LogP contribution in [0.1, 0.15) is 30.0 Å². The third kappa shape index (κ3) is 3.60. The average molecular weight is 354 g/mol. The zero-order valence-corrected chi connectivity index (χ0v) is 14.9. The molecule has 1 amide bonds. The van der Waals surface area contributed by atoms with Gasteiger partial charge in [0.15, 0.2) is 0 Å². The van der Waals surface area contributed by atoms with Crippen molar-refractivity contribution in [2.75, 3.05) is 20.1 Å². The van der Waals surface area contributed by atoms with Crippen LogP contribution in [0.2, 0.25) is 5.02 Å². The Morgan fingerprint density at radius 1 is 1.46 bits per heavy atom. The molecule has 1 heterocycles. The Morgan fingerprint density at radius 3 is 2.71 bits per heavy atom. The van der Waals surface area contributed by atoms with Gasteiger partial charge in [0, 0.05) is 13.6 Å². The number of nitrogens with two attached hydrogens (primary N) is 1. The van der Waals surface area contributed by atoms with Crippen LogP contribution in [-0.2, 0) is 0 Å². The predicted molar refractivity (Wildman–Crippen MR) is 91.4 cm³/mol. The molecule has 0 atom stereocenters. The van der Waals surface area contributed by atoms with Crippen LogP contribution in [0.25, 0.3) is 11.3 Å². The molecule has 1 aromatic heterocycles. The monoisotopic (exact) mass is 353 g/mol. The number of hydrogen-bond acceptors (Lipinski definition) is 4. The standard InChI is InChI=1S/C17H21ClFN3O2/c1-10-13(16(23)22(4)9-17(2,3)8-20)15(21-24-10)14-11(18)6-5-7-12(14)19/h5-7H,8-9,20H2,1-4H3. The van der Waals surface area contributed by atoms with E-state index < -0.39 is 5.82 Å². The Kier molecular flexibility index (Phi) is 5.30. The highest BCUT2D eigenvalue weighted by Gasteiger charge is 2.29. The minimum atomic E-state index is -0.560. The summed E-state index contributed by atoms with van der Waals surface area (Å²) in [5, 5.41) is 4.02. The molecule has 0 aliphatic carbocycles. The van der Waals surface area contributed by atoms with Crippen LogP contribution >= 0.6 is 11.6 Å². The first-order chi connectivity index (χ1) is 11.2. The maximum absolute atomic E-state index is 14.2. The summed E-state index contributed by atoms with van der Waals surface area (Å²) in [6.45, 7) is 6.41. The number of carbonyl (C=O) groups excluding carboxylic acids is 1. The van der Waals surface area contributed by atoms with Crippen molar-refractivity contribution in [2.45, 2.75) is 20.8 Å². The number of nitrogens with zero attached hydrogens (tertiary/aromatic N) is 2. The number of aromatic nitrogens is 1. The van der Waals surface area contributed by atoms with E-state index in [1.54, 1.807) is 20.0 Å². The van der Waals surface area contributed by atoms with Crippen LogP contribution in [0, 0.1) is 18.2 Å². The van der Waals surface area contributed by atoms with E-state index >= 15 is 0 Å². The summed E-state index contributed by atoms with van der Waals surface area (Å²) in [4.78, 5) is 14.4. The van der Waals surface area contributed by atoms with Crippen molar-refractivity contribution in [2.24, 2.45) is 11.1 Å². The molecule has 0 aliphatic rings. The second-order valence-corrected chi connectivity index (χ2v) is 7.00. The van der Waals surface area contributed by atoms with E-state index in [4.69, 9.17) is 21.9 Å². The van der Waals surface area contributed by atoms with Gasteiger partial charge < -0.3 is 15.2 Å². The van der Waals surface area contributed by atoms with Crippen molar-refractivity contribution >= 4 is 17.5 Å². The van der Waals surface area contributed by atoms with E-state index in [0.29, 0.717) is 18.8 Å². The van der Waals surface area contributed by atoms with Crippen LogP contribution in [-0.4, -0.2) is 36.1 Å².